The van der Waals surface area contributed by atoms with Crippen molar-refractivity contribution in [2.45, 2.75) is 13.8 Å². The topological polar surface area (TPSA) is 26.3 Å². The van der Waals surface area contributed by atoms with Crippen LogP contribution in [0.5, 0.6) is 0 Å². The van der Waals surface area contributed by atoms with E-state index >= 15 is 0 Å². The van der Waals surface area contributed by atoms with Crippen LogP contribution < -0.4 is 0 Å². The second kappa shape index (κ2) is 5.39. The number of ether oxygens (including phenoxy) is 1. The van der Waals surface area contributed by atoms with E-state index in [-0.39, 0.29) is 12.2 Å². The lowest BCUT2D eigenvalue weighted by molar-refractivity contribution is 0.0543. The Balaban J connectivity index is 2.70. The molecule has 0 radical (unpaired) electrons. The summed E-state index contributed by atoms with van der Waals surface area (Å²) < 4.78 is 30.5. The summed E-state index contributed by atoms with van der Waals surface area (Å²) in [5.74, 6) is -2.43. The molecule has 86 valence electrons. The summed E-state index contributed by atoms with van der Waals surface area (Å²) >= 11 is 0. The molecule has 0 aliphatic rings. The maximum atomic E-state index is 13.1. The van der Waals surface area contributed by atoms with E-state index in [1.807, 2.05) is 13.8 Å². The predicted octanol–water partition coefficient (Wildman–Crippen LogP) is 3.09. The Hall–Kier alpha value is -1.71. The molecular formula is C12H12F2O2. The number of halogens is 2. The van der Waals surface area contributed by atoms with Gasteiger partial charge in [0, 0.05) is 6.07 Å². The number of hydrogen-bond acceptors (Lipinski definition) is 2. The van der Waals surface area contributed by atoms with Gasteiger partial charge in [0.1, 0.15) is 18.2 Å². The van der Waals surface area contributed by atoms with E-state index in [9.17, 15) is 13.6 Å². The smallest absolute Gasteiger partial charge is 0.341 e. The summed E-state index contributed by atoms with van der Waals surface area (Å²) in [6, 6.07) is 2.73. The molecule has 4 heteroatoms. The molecule has 0 saturated heterocycles. The number of benzene rings is 1. The predicted molar refractivity (Wildman–Crippen MR) is 56.1 cm³/mol. The molecule has 0 aliphatic heterocycles. The number of carbonyl (C=O) groups is 1. The van der Waals surface area contributed by atoms with Crippen LogP contribution in [0.1, 0.15) is 24.2 Å². The fourth-order valence-electron chi connectivity index (χ4n) is 1.02. The average Bonchev–Trinajstić information content (AvgIpc) is 2.16. The van der Waals surface area contributed by atoms with Gasteiger partial charge in [0.25, 0.3) is 0 Å². The number of allylic oxidation sites excluding steroid dienone is 1. The lowest BCUT2D eigenvalue weighted by Gasteiger charge is -2.03. The molecule has 0 amide bonds. The van der Waals surface area contributed by atoms with Gasteiger partial charge in [-0.1, -0.05) is 5.57 Å². The van der Waals surface area contributed by atoms with Gasteiger partial charge in [0.05, 0.1) is 5.56 Å². The molecule has 2 nitrogen and oxygen atoms in total. The van der Waals surface area contributed by atoms with Crippen molar-refractivity contribution in [2.24, 2.45) is 0 Å². The SMILES string of the molecule is CC(C)=CCOC(=O)c1ccc(F)cc1F. The van der Waals surface area contributed by atoms with Gasteiger partial charge < -0.3 is 4.74 Å². The highest BCUT2D eigenvalue weighted by molar-refractivity contribution is 5.89. The Kier molecular flexibility index (Phi) is 4.17. The van der Waals surface area contributed by atoms with Crippen LogP contribution >= 0.6 is 0 Å². The van der Waals surface area contributed by atoms with Crippen LogP contribution in [0.15, 0.2) is 29.8 Å². The van der Waals surface area contributed by atoms with Crippen LogP contribution in [0.4, 0.5) is 8.78 Å². The van der Waals surface area contributed by atoms with Crippen molar-refractivity contribution < 1.29 is 18.3 Å². The largest absolute Gasteiger partial charge is 0.458 e. The fourth-order valence-corrected chi connectivity index (χ4v) is 1.02. The molecule has 0 atom stereocenters. The molecule has 0 heterocycles. The third-order valence-electron chi connectivity index (χ3n) is 1.86. The number of carbonyl (C=O) groups excluding carboxylic acids is 1. The fraction of sp³-hybridized carbons (Fsp3) is 0.250. The van der Waals surface area contributed by atoms with E-state index in [4.69, 9.17) is 4.74 Å². The van der Waals surface area contributed by atoms with Crippen molar-refractivity contribution in [3.05, 3.63) is 47.0 Å². The zero-order valence-corrected chi connectivity index (χ0v) is 9.09. The molecule has 1 aromatic rings. The highest BCUT2D eigenvalue weighted by atomic mass is 19.1. The minimum atomic E-state index is -0.915. The first kappa shape index (κ1) is 12.4. The second-order valence-electron chi connectivity index (χ2n) is 3.50. The highest BCUT2D eigenvalue weighted by Crippen LogP contribution is 2.10. The third kappa shape index (κ3) is 3.46. The first-order valence-corrected chi connectivity index (χ1v) is 4.76. The maximum Gasteiger partial charge on any atom is 0.341 e. The molecule has 0 aliphatic carbocycles. The van der Waals surface area contributed by atoms with Gasteiger partial charge >= 0.3 is 5.97 Å². The summed E-state index contributed by atoms with van der Waals surface area (Å²) in [7, 11) is 0. The molecule has 1 aromatic carbocycles. The molecule has 0 fully saturated rings. The lowest BCUT2D eigenvalue weighted by Crippen LogP contribution is -2.08. The van der Waals surface area contributed by atoms with Gasteiger partial charge in [-0.15, -0.1) is 0 Å². The van der Waals surface area contributed by atoms with Gasteiger partial charge in [-0.3, -0.25) is 0 Å². The van der Waals surface area contributed by atoms with E-state index in [1.165, 1.54) is 0 Å². The maximum absolute atomic E-state index is 13.1. The number of esters is 1. The quantitative estimate of drug-likeness (QED) is 0.584. The molecular weight excluding hydrogens is 214 g/mol. The van der Waals surface area contributed by atoms with Crippen LogP contribution in [0.3, 0.4) is 0 Å². The second-order valence-corrected chi connectivity index (χ2v) is 3.50. The summed E-state index contributed by atoms with van der Waals surface area (Å²) in [4.78, 5) is 11.3. The molecule has 0 unspecified atom stereocenters. The first-order chi connectivity index (χ1) is 7.50. The zero-order chi connectivity index (χ0) is 12.1. The molecule has 0 bridgehead atoms. The van der Waals surface area contributed by atoms with E-state index < -0.39 is 17.6 Å². The van der Waals surface area contributed by atoms with Crippen LogP contribution in [0, 0.1) is 11.6 Å². The van der Waals surface area contributed by atoms with E-state index in [0.29, 0.717) is 6.07 Å². The van der Waals surface area contributed by atoms with Crippen LogP contribution in [0.2, 0.25) is 0 Å². The van der Waals surface area contributed by atoms with Gasteiger partial charge in [0.15, 0.2) is 0 Å². The molecule has 0 N–H and O–H groups in total. The van der Waals surface area contributed by atoms with Crippen molar-refractivity contribution in [3.8, 4) is 0 Å². The standard InChI is InChI=1S/C12H12F2O2/c1-8(2)5-6-16-12(15)10-4-3-9(13)7-11(10)14/h3-5,7H,6H2,1-2H3. The normalized spacial score (nSPS) is 9.75. The van der Waals surface area contributed by atoms with Gasteiger partial charge in [-0.2, -0.15) is 0 Å². The summed E-state index contributed by atoms with van der Waals surface area (Å²) in [5, 5.41) is 0. The molecule has 0 spiro atoms. The minimum absolute atomic E-state index is 0.0813. The molecule has 16 heavy (non-hydrogen) atoms. The Morgan fingerprint density at radius 3 is 2.62 bits per heavy atom. The van der Waals surface area contributed by atoms with Crippen LogP contribution in [-0.4, -0.2) is 12.6 Å². The Morgan fingerprint density at radius 1 is 1.38 bits per heavy atom. The lowest BCUT2D eigenvalue weighted by atomic mass is 10.2. The van der Waals surface area contributed by atoms with Gasteiger partial charge in [-0.25, -0.2) is 13.6 Å². The summed E-state index contributed by atoms with van der Waals surface area (Å²) in [6.07, 6.45) is 1.69. The summed E-state index contributed by atoms with van der Waals surface area (Å²) in [6.45, 7) is 3.79. The number of rotatable bonds is 3. The average molecular weight is 226 g/mol. The zero-order valence-electron chi connectivity index (χ0n) is 9.09. The van der Waals surface area contributed by atoms with Gasteiger partial charge in [-0.05, 0) is 32.1 Å². The van der Waals surface area contributed by atoms with Crippen molar-refractivity contribution in [3.63, 3.8) is 0 Å². The molecule has 0 saturated carbocycles. The highest BCUT2D eigenvalue weighted by Gasteiger charge is 2.12. The monoisotopic (exact) mass is 226 g/mol. The first-order valence-electron chi connectivity index (χ1n) is 4.76. The minimum Gasteiger partial charge on any atom is -0.458 e. The van der Waals surface area contributed by atoms with Crippen molar-refractivity contribution in [1.29, 1.82) is 0 Å². The van der Waals surface area contributed by atoms with Crippen LogP contribution in [-0.2, 0) is 4.74 Å². The van der Waals surface area contributed by atoms with E-state index in [0.717, 1.165) is 17.7 Å². The molecule has 1 rings (SSSR count). The van der Waals surface area contributed by atoms with Crippen molar-refractivity contribution >= 4 is 5.97 Å². The Bertz CT molecular complexity index is 421. The van der Waals surface area contributed by atoms with Gasteiger partial charge in [0.2, 0.25) is 0 Å². The van der Waals surface area contributed by atoms with Crippen molar-refractivity contribution in [1.82, 2.24) is 0 Å². The Labute approximate surface area is 92.5 Å². The number of hydrogen-bond donors (Lipinski definition) is 0. The van der Waals surface area contributed by atoms with Crippen LogP contribution in [0.25, 0.3) is 0 Å². The van der Waals surface area contributed by atoms with Crippen molar-refractivity contribution in [2.75, 3.05) is 6.61 Å². The van der Waals surface area contributed by atoms with E-state index in [2.05, 4.69) is 0 Å². The molecule has 0 aromatic heterocycles. The summed E-state index contributed by atoms with van der Waals surface area (Å²) in [5.41, 5.74) is 0.732. The third-order valence-corrected chi connectivity index (χ3v) is 1.86. The Morgan fingerprint density at radius 2 is 2.06 bits per heavy atom. The van der Waals surface area contributed by atoms with E-state index in [1.54, 1.807) is 6.08 Å².